The van der Waals surface area contributed by atoms with Crippen molar-refractivity contribution in [2.75, 3.05) is 0 Å². The quantitative estimate of drug-likeness (QED) is 0.821. The van der Waals surface area contributed by atoms with Gasteiger partial charge in [0.1, 0.15) is 12.5 Å². The van der Waals surface area contributed by atoms with Crippen LogP contribution in [-0.2, 0) is 0 Å². The molecule has 2 rings (SSSR count). The van der Waals surface area contributed by atoms with Crippen molar-refractivity contribution in [3.63, 3.8) is 0 Å². The summed E-state index contributed by atoms with van der Waals surface area (Å²) >= 11 is 0. The molecule has 0 amide bonds. The molecule has 0 spiro atoms. The van der Waals surface area contributed by atoms with E-state index in [4.69, 9.17) is 0 Å². The fourth-order valence-electron chi connectivity index (χ4n) is 2.21. The Morgan fingerprint density at radius 3 is 2.80 bits per heavy atom. The molecule has 0 radical (unpaired) electrons. The third-order valence-corrected chi connectivity index (χ3v) is 3.47. The summed E-state index contributed by atoms with van der Waals surface area (Å²) in [5.41, 5.74) is 0.506. The lowest BCUT2D eigenvalue weighted by atomic mass is 9.96. The number of fused-ring (bicyclic) bond motifs is 1. The summed E-state index contributed by atoms with van der Waals surface area (Å²) < 4.78 is 14.9. The second kappa shape index (κ2) is 5.89. The third kappa shape index (κ3) is 2.59. The first-order valence-electron chi connectivity index (χ1n) is 6.41. The number of halogens is 1. The van der Waals surface area contributed by atoms with Crippen molar-refractivity contribution in [2.45, 2.75) is 39.0 Å². The van der Waals surface area contributed by atoms with Gasteiger partial charge in [-0.15, -0.1) is 4.91 Å². The number of alkyl halides is 1. The maximum absolute atomic E-state index is 13.4. The number of rotatable bonds is 6. The molecule has 3 atom stereocenters. The van der Waals surface area contributed by atoms with E-state index < -0.39 is 12.3 Å². The van der Waals surface area contributed by atoms with Gasteiger partial charge in [-0.05, 0) is 24.4 Å². The van der Waals surface area contributed by atoms with Crippen LogP contribution in [0.5, 0.6) is 5.88 Å². The van der Waals surface area contributed by atoms with Gasteiger partial charge in [-0.1, -0.05) is 13.3 Å². The molecule has 0 aromatic carbocycles. The van der Waals surface area contributed by atoms with Gasteiger partial charge < -0.3 is 5.11 Å². The number of nitroso groups, excluding NO2 is 1. The standard InChI is InChI=1S/C12H16FN5O2/c1-3-8(7(2)13)4-9(17-20)18-6-16-10-11(18)14-5-15-12(10)19/h5-9H,3-4H2,1-2H3,(H,14,15,19). The highest BCUT2D eigenvalue weighted by atomic mass is 19.1. The SMILES string of the molecule is CCC(CC(N=O)n1cnc2c(O)ncnc21)C(C)F. The number of aromatic hydroxyl groups is 1. The van der Waals surface area contributed by atoms with Crippen LogP contribution >= 0.6 is 0 Å². The van der Waals surface area contributed by atoms with Crippen LogP contribution in [0.25, 0.3) is 11.2 Å². The zero-order chi connectivity index (χ0) is 14.7. The van der Waals surface area contributed by atoms with Crippen LogP contribution in [0.15, 0.2) is 17.8 Å². The van der Waals surface area contributed by atoms with Crippen LogP contribution in [0.4, 0.5) is 4.39 Å². The minimum atomic E-state index is -1.03. The molecule has 3 unspecified atom stereocenters. The van der Waals surface area contributed by atoms with Crippen LogP contribution in [-0.4, -0.2) is 30.8 Å². The van der Waals surface area contributed by atoms with Gasteiger partial charge in [0.25, 0.3) is 0 Å². The van der Waals surface area contributed by atoms with Gasteiger partial charge in [-0.25, -0.2) is 14.4 Å². The van der Waals surface area contributed by atoms with Crippen molar-refractivity contribution >= 4 is 11.2 Å². The zero-order valence-corrected chi connectivity index (χ0v) is 11.3. The Balaban J connectivity index is 2.35. The van der Waals surface area contributed by atoms with Crippen molar-refractivity contribution in [1.29, 1.82) is 0 Å². The Morgan fingerprint density at radius 1 is 1.45 bits per heavy atom. The molecular weight excluding hydrogens is 265 g/mol. The van der Waals surface area contributed by atoms with E-state index in [1.165, 1.54) is 24.1 Å². The highest BCUT2D eigenvalue weighted by Crippen LogP contribution is 2.28. The molecule has 2 aromatic heterocycles. The molecule has 0 fully saturated rings. The number of imidazole rings is 1. The molecule has 2 aromatic rings. The van der Waals surface area contributed by atoms with Crippen molar-refractivity contribution in [2.24, 2.45) is 11.1 Å². The van der Waals surface area contributed by atoms with Gasteiger partial charge in [0.15, 0.2) is 17.3 Å². The molecule has 0 aliphatic heterocycles. The summed E-state index contributed by atoms with van der Waals surface area (Å²) in [6.45, 7) is 3.33. The van der Waals surface area contributed by atoms with Crippen molar-refractivity contribution in [3.05, 3.63) is 17.6 Å². The third-order valence-electron chi connectivity index (χ3n) is 3.47. The molecule has 0 saturated carbocycles. The Bertz CT molecular complexity index is 601. The lowest BCUT2D eigenvalue weighted by Gasteiger charge is -2.20. The van der Waals surface area contributed by atoms with E-state index in [0.717, 1.165) is 0 Å². The largest absolute Gasteiger partial charge is 0.492 e. The van der Waals surface area contributed by atoms with Crippen molar-refractivity contribution in [1.82, 2.24) is 19.5 Å². The first-order valence-corrected chi connectivity index (χ1v) is 6.41. The maximum atomic E-state index is 13.4. The smallest absolute Gasteiger partial charge is 0.242 e. The van der Waals surface area contributed by atoms with Gasteiger partial charge in [-0.3, -0.25) is 4.57 Å². The van der Waals surface area contributed by atoms with Crippen LogP contribution in [0.2, 0.25) is 0 Å². The highest BCUT2D eigenvalue weighted by Gasteiger charge is 2.24. The molecule has 20 heavy (non-hydrogen) atoms. The van der Waals surface area contributed by atoms with Crippen molar-refractivity contribution < 1.29 is 9.50 Å². The zero-order valence-electron chi connectivity index (χ0n) is 11.3. The minimum absolute atomic E-state index is 0.197. The highest BCUT2D eigenvalue weighted by molar-refractivity contribution is 5.75. The summed E-state index contributed by atoms with van der Waals surface area (Å²) in [5.74, 6) is -0.533. The second-order valence-electron chi connectivity index (χ2n) is 4.69. The van der Waals surface area contributed by atoms with Gasteiger partial charge in [0.2, 0.25) is 5.88 Å². The fraction of sp³-hybridized carbons (Fsp3) is 0.583. The number of nitrogens with zero attached hydrogens (tertiary/aromatic N) is 5. The van der Waals surface area contributed by atoms with E-state index in [1.54, 1.807) is 0 Å². The Labute approximate surface area is 114 Å². The first-order chi connectivity index (χ1) is 9.58. The Hall–Kier alpha value is -2.12. The van der Waals surface area contributed by atoms with Gasteiger partial charge in [0.05, 0.1) is 6.33 Å². The molecule has 108 valence electrons. The van der Waals surface area contributed by atoms with E-state index in [0.29, 0.717) is 12.1 Å². The first kappa shape index (κ1) is 14.3. The van der Waals surface area contributed by atoms with Crippen LogP contribution in [0.1, 0.15) is 32.9 Å². The summed E-state index contributed by atoms with van der Waals surface area (Å²) in [4.78, 5) is 22.6. The molecule has 0 saturated heterocycles. The normalized spacial score (nSPS) is 15.9. The molecule has 8 heteroatoms. The maximum Gasteiger partial charge on any atom is 0.242 e. The molecule has 1 N–H and O–H groups in total. The van der Waals surface area contributed by atoms with Crippen LogP contribution in [0, 0.1) is 10.8 Å². The lowest BCUT2D eigenvalue weighted by Crippen LogP contribution is -2.17. The van der Waals surface area contributed by atoms with Crippen LogP contribution in [0.3, 0.4) is 0 Å². The molecular formula is C12H16FN5O2. The predicted molar refractivity (Wildman–Crippen MR) is 70.8 cm³/mol. The summed E-state index contributed by atoms with van der Waals surface area (Å²) in [6.07, 6.45) is 1.57. The average molecular weight is 281 g/mol. The summed E-state index contributed by atoms with van der Waals surface area (Å²) in [5, 5.41) is 12.6. The molecule has 0 aliphatic rings. The van der Waals surface area contributed by atoms with E-state index in [2.05, 4.69) is 20.1 Å². The Kier molecular flexibility index (Phi) is 4.21. The average Bonchev–Trinajstić information content (AvgIpc) is 2.85. The Morgan fingerprint density at radius 2 is 2.20 bits per heavy atom. The van der Waals surface area contributed by atoms with Gasteiger partial charge in [0, 0.05) is 0 Å². The fourth-order valence-corrected chi connectivity index (χ4v) is 2.21. The molecule has 0 bridgehead atoms. The van der Waals surface area contributed by atoms with Gasteiger partial charge >= 0.3 is 0 Å². The molecule has 7 nitrogen and oxygen atoms in total. The second-order valence-corrected chi connectivity index (χ2v) is 4.69. The summed E-state index contributed by atoms with van der Waals surface area (Å²) in [6, 6.07) is 0. The van der Waals surface area contributed by atoms with E-state index in [9.17, 15) is 14.4 Å². The monoisotopic (exact) mass is 281 g/mol. The van der Waals surface area contributed by atoms with Gasteiger partial charge in [-0.2, -0.15) is 4.98 Å². The molecule has 2 heterocycles. The summed E-state index contributed by atoms with van der Waals surface area (Å²) in [7, 11) is 0. The minimum Gasteiger partial charge on any atom is -0.492 e. The van der Waals surface area contributed by atoms with E-state index in [1.807, 2.05) is 6.92 Å². The van der Waals surface area contributed by atoms with Crippen LogP contribution < -0.4 is 0 Å². The number of hydrogen-bond acceptors (Lipinski definition) is 6. The lowest BCUT2D eigenvalue weighted by molar-refractivity contribution is 0.208. The van der Waals surface area contributed by atoms with Crippen molar-refractivity contribution in [3.8, 4) is 5.88 Å². The number of aromatic nitrogens is 4. The topological polar surface area (TPSA) is 93.3 Å². The van der Waals surface area contributed by atoms with E-state index in [-0.39, 0.29) is 23.7 Å². The molecule has 0 aliphatic carbocycles. The predicted octanol–water partition coefficient (Wildman–Crippen LogP) is 2.57. The number of hydrogen-bond donors (Lipinski definition) is 1. The van der Waals surface area contributed by atoms with E-state index >= 15 is 0 Å².